The van der Waals surface area contributed by atoms with Gasteiger partial charge in [-0.15, -0.1) is 0 Å². The molecule has 4 unspecified atom stereocenters. The van der Waals surface area contributed by atoms with Gasteiger partial charge in [0.2, 0.25) is 0 Å². The Morgan fingerprint density at radius 2 is 2.00 bits per heavy atom. The fourth-order valence-electron chi connectivity index (χ4n) is 3.09. The van der Waals surface area contributed by atoms with Crippen LogP contribution in [0.5, 0.6) is 0 Å². The first-order valence-electron chi connectivity index (χ1n) is 7.41. The predicted molar refractivity (Wildman–Crippen MR) is 86.7 cm³/mol. The van der Waals surface area contributed by atoms with Crippen molar-refractivity contribution in [3.05, 3.63) is 34.3 Å². The van der Waals surface area contributed by atoms with Crippen LogP contribution in [0.1, 0.15) is 38.8 Å². The zero-order valence-corrected chi connectivity index (χ0v) is 14.1. The van der Waals surface area contributed by atoms with Crippen LogP contribution in [0.3, 0.4) is 0 Å². The summed E-state index contributed by atoms with van der Waals surface area (Å²) in [5.41, 5.74) is 7.71. The van der Waals surface area contributed by atoms with Crippen LogP contribution >= 0.6 is 15.9 Å². The van der Waals surface area contributed by atoms with Gasteiger partial charge >= 0.3 is 0 Å². The van der Waals surface area contributed by atoms with Crippen molar-refractivity contribution in [3.63, 3.8) is 0 Å². The molecule has 0 radical (unpaired) electrons. The van der Waals surface area contributed by atoms with Crippen LogP contribution in [0.25, 0.3) is 0 Å². The van der Waals surface area contributed by atoms with Gasteiger partial charge in [0.15, 0.2) is 0 Å². The van der Waals surface area contributed by atoms with E-state index in [-0.39, 0.29) is 24.3 Å². The topological polar surface area (TPSA) is 38.5 Å². The number of nitrogens with zero attached hydrogens (tertiary/aromatic N) is 1. The van der Waals surface area contributed by atoms with E-state index in [1.165, 1.54) is 5.56 Å². The minimum absolute atomic E-state index is 0.141. The SMILES string of the molecule is CCC(N)C(c1cccc(Br)c1)N1CC(C)OC(C)C1. The highest BCUT2D eigenvalue weighted by Gasteiger charge is 2.31. The Kier molecular flexibility index (Phi) is 5.61. The van der Waals surface area contributed by atoms with E-state index >= 15 is 0 Å². The van der Waals surface area contributed by atoms with E-state index in [1.54, 1.807) is 0 Å². The highest BCUT2D eigenvalue weighted by atomic mass is 79.9. The summed E-state index contributed by atoms with van der Waals surface area (Å²) in [6.45, 7) is 8.31. The second-order valence-electron chi connectivity index (χ2n) is 5.78. The van der Waals surface area contributed by atoms with Gasteiger partial charge in [0, 0.05) is 23.6 Å². The fraction of sp³-hybridized carbons (Fsp3) is 0.625. The summed E-state index contributed by atoms with van der Waals surface area (Å²) in [5.74, 6) is 0. The maximum atomic E-state index is 6.42. The molecule has 1 aliphatic heterocycles. The monoisotopic (exact) mass is 340 g/mol. The third kappa shape index (κ3) is 3.82. The quantitative estimate of drug-likeness (QED) is 0.913. The first-order valence-corrected chi connectivity index (χ1v) is 8.21. The normalized spacial score (nSPS) is 27.2. The maximum Gasteiger partial charge on any atom is 0.0678 e. The Bertz CT molecular complexity index is 430. The maximum absolute atomic E-state index is 6.42. The van der Waals surface area contributed by atoms with Gasteiger partial charge in [0.25, 0.3) is 0 Å². The Morgan fingerprint density at radius 1 is 1.35 bits per heavy atom. The lowest BCUT2D eigenvalue weighted by Gasteiger charge is -2.42. The van der Waals surface area contributed by atoms with E-state index in [1.807, 2.05) is 0 Å². The highest BCUT2D eigenvalue weighted by Crippen LogP contribution is 2.29. The van der Waals surface area contributed by atoms with Crippen molar-refractivity contribution in [1.82, 2.24) is 4.90 Å². The Hall–Kier alpha value is -0.420. The van der Waals surface area contributed by atoms with Crippen LogP contribution < -0.4 is 5.73 Å². The van der Waals surface area contributed by atoms with E-state index in [9.17, 15) is 0 Å². The molecular weight excluding hydrogens is 316 g/mol. The van der Waals surface area contributed by atoms with Gasteiger partial charge in [-0.3, -0.25) is 4.90 Å². The predicted octanol–water partition coefficient (Wildman–Crippen LogP) is 3.34. The second-order valence-corrected chi connectivity index (χ2v) is 6.70. The van der Waals surface area contributed by atoms with Crippen molar-refractivity contribution in [3.8, 4) is 0 Å². The van der Waals surface area contributed by atoms with Gasteiger partial charge in [-0.05, 0) is 38.0 Å². The number of ether oxygens (including phenoxy) is 1. The molecule has 2 N–H and O–H groups in total. The molecule has 1 fully saturated rings. The molecule has 0 amide bonds. The number of benzene rings is 1. The lowest BCUT2D eigenvalue weighted by Crippen LogP contribution is -2.51. The first-order chi connectivity index (χ1) is 9.51. The molecule has 1 aromatic carbocycles. The number of morpholine rings is 1. The number of rotatable bonds is 4. The van der Waals surface area contributed by atoms with Crippen LogP contribution in [-0.2, 0) is 4.74 Å². The standard InChI is InChI=1S/C16H25BrN2O/c1-4-15(18)16(13-6-5-7-14(17)8-13)19-9-11(2)20-12(3)10-19/h5-8,11-12,15-16H,4,9-10,18H2,1-3H3. The third-order valence-electron chi connectivity index (χ3n) is 3.91. The first kappa shape index (κ1) is 16.0. The number of nitrogens with two attached hydrogens (primary N) is 1. The molecule has 0 aliphatic carbocycles. The van der Waals surface area contributed by atoms with Crippen LogP contribution in [0.2, 0.25) is 0 Å². The average molecular weight is 341 g/mol. The molecule has 1 saturated heterocycles. The van der Waals surface area contributed by atoms with Crippen molar-refractivity contribution in [2.24, 2.45) is 5.73 Å². The summed E-state index contributed by atoms with van der Waals surface area (Å²) in [4.78, 5) is 2.48. The van der Waals surface area contributed by atoms with Gasteiger partial charge < -0.3 is 10.5 Å². The zero-order valence-electron chi connectivity index (χ0n) is 12.6. The van der Waals surface area contributed by atoms with Gasteiger partial charge in [-0.25, -0.2) is 0 Å². The summed E-state index contributed by atoms with van der Waals surface area (Å²) in [6, 6.07) is 8.90. The Balaban J connectivity index is 2.27. The molecule has 0 saturated carbocycles. The highest BCUT2D eigenvalue weighted by molar-refractivity contribution is 9.10. The zero-order chi connectivity index (χ0) is 14.7. The van der Waals surface area contributed by atoms with Crippen LogP contribution in [0, 0.1) is 0 Å². The van der Waals surface area contributed by atoms with Crippen molar-refractivity contribution in [2.75, 3.05) is 13.1 Å². The minimum atomic E-state index is 0.141. The number of hydrogen-bond donors (Lipinski definition) is 1. The molecule has 0 spiro atoms. The lowest BCUT2D eigenvalue weighted by molar-refractivity contribution is -0.0838. The largest absolute Gasteiger partial charge is 0.373 e. The molecule has 0 bridgehead atoms. The van der Waals surface area contributed by atoms with E-state index in [4.69, 9.17) is 10.5 Å². The van der Waals surface area contributed by atoms with Gasteiger partial charge in [0.1, 0.15) is 0 Å². The van der Waals surface area contributed by atoms with E-state index < -0.39 is 0 Å². The molecule has 2 rings (SSSR count). The molecule has 3 nitrogen and oxygen atoms in total. The van der Waals surface area contributed by atoms with Crippen LogP contribution in [0.15, 0.2) is 28.7 Å². The molecule has 112 valence electrons. The number of halogens is 1. The molecule has 1 aliphatic rings. The van der Waals surface area contributed by atoms with E-state index in [2.05, 4.69) is 65.9 Å². The summed E-state index contributed by atoms with van der Waals surface area (Å²) in [7, 11) is 0. The van der Waals surface area contributed by atoms with Crippen molar-refractivity contribution in [1.29, 1.82) is 0 Å². The molecule has 4 heteroatoms. The molecule has 4 atom stereocenters. The molecule has 1 aromatic rings. The third-order valence-corrected chi connectivity index (χ3v) is 4.40. The van der Waals surface area contributed by atoms with Crippen LogP contribution in [-0.4, -0.2) is 36.2 Å². The number of hydrogen-bond acceptors (Lipinski definition) is 3. The summed E-state index contributed by atoms with van der Waals surface area (Å²) >= 11 is 3.57. The molecule has 1 heterocycles. The molecular formula is C16H25BrN2O. The van der Waals surface area contributed by atoms with E-state index in [0.29, 0.717) is 0 Å². The molecule has 20 heavy (non-hydrogen) atoms. The van der Waals surface area contributed by atoms with Crippen molar-refractivity contribution < 1.29 is 4.74 Å². The molecule has 0 aromatic heterocycles. The average Bonchev–Trinajstić information content (AvgIpc) is 2.37. The van der Waals surface area contributed by atoms with Gasteiger partial charge in [-0.1, -0.05) is 35.0 Å². The second kappa shape index (κ2) is 7.03. The van der Waals surface area contributed by atoms with Gasteiger partial charge in [-0.2, -0.15) is 0 Å². The fourth-order valence-corrected chi connectivity index (χ4v) is 3.50. The smallest absolute Gasteiger partial charge is 0.0678 e. The Morgan fingerprint density at radius 3 is 2.55 bits per heavy atom. The van der Waals surface area contributed by atoms with Crippen molar-refractivity contribution in [2.45, 2.75) is 51.5 Å². The van der Waals surface area contributed by atoms with E-state index in [0.717, 1.165) is 24.0 Å². The summed E-state index contributed by atoms with van der Waals surface area (Å²) in [6.07, 6.45) is 1.49. The lowest BCUT2D eigenvalue weighted by atomic mass is 9.95. The van der Waals surface area contributed by atoms with Crippen molar-refractivity contribution >= 4 is 15.9 Å². The van der Waals surface area contributed by atoms with Crippen LogP contribution in [0.4, 0.5) is 0 Å². The summed E-state index contributed by atoms with van der Waals surface area (Å²) < 4.78 is 6.96. The summed E-state index contributed by atoms with van der Waals surface area (Å²) in [5, 5.41) is 0. The Labute approximate surface area is 130 Å². The van der Waals surface area contributed by atoms with Gasteiger partial charge in [0.05, 0.1) is 18.2 Å². The minimum Gasteiger partial charge on any atom is -0.373 e.